The second-order valence-electron chi connectivity index (χ2n) is 3.04. The molecular weight excluding hydrogens is 192 g/mol. The van der Waals surface area contributed by atoms with E-state index < -0.39 is 0 Å². The first-order valence-corrected chi connectivity index (χ1v) is 4.41. The molecule has 0 atom stereocenters. The Morgan fingerprint density at radius 1 is 1.40 bits per heavy atom. The zero-order valence-electron chi connectivity index (χ0n) is 7.90. The molecule has 0 bridgehead atoms. The number of pyridine rings is 1. The van der Waals surface area contributed by atoms with Crippen LogP contribution in [0.3, 0.4) is 0 Å². The summed E-state index contributed by atoms with van der Waals surface area (Å²) in [6.07, 6.45) is 4.79. The molecule has 0 unspecified atom stereocenters. The van der Waals surface area contributed by atoms with Crippen LogP contribution in [-0.4, -0.2) is 15.9 Å². The fourth-order valence-electron chi connectivity index (χ4n) is 1.18. The monoisotopic (exact) mass is 202 g/mol. The molecule has 2 aromatic rings. The van der Waals surface area contributed by atoms with Crippen LogP contribution in [-0.2, 0) is 0 Å². The van der Waals surface area contributed by atoms with Gasteiger partial charge in [0.25, 0.3) is 5.91 Å². The molecule has 0 aliphatic rings. The number of aromatic nitrogens is 2. The summed E-state index contributed by atoms with van der Waals surface area (Å²) in [5.41, 5.74) is 7.16. The second-order valence-corrected chi connectivity index (χ2v) is 3.04. The van der Waals surface area contributed by atoms with Crippen LogP contribution in [0.15, 0.2) is 36.8 Å². The van der Waals surface area contributed by atoms with E-state index in [1.54, 1.807) is 36.8 Å². The lowest BCUT2D eigenvalue weighted by molar-refractivity contribution is 0.102. The van der Waals surface area contributed by atoms with Gasteiger partial charge in [0.05, 0.1) is 0 Å². The van der Waals surface area contributed by atoms with Crippen molar-refractivity contribution in [2.45, 2.75) is 0 Å². The van der Waals surface area contributed by atoms with E-state index in [1.165, 1.54) is 0 Å². The van der Waals surface area contributed by atoms with Gasteiger partial charge in [-0.1, -0.05) is 0 Å². The lowest BCUT2D eigenvalue weighted by Crippen LogP contribution is -2.12. The van der Waals surface area contributed by atoms with Crippen molar-refractivity contribution in [1.82, 2.24) is 9.97 Å². The normalized spacial score (nSPS) is 9.87. The molecule has 0 aliphatic heterocycles. The molecule has 0 saturated carbocycles. The summed E-state index contributed by atoms with van der Waals surface area (Å²) in [5.74, 6) is -0.224. The predicted molar refractivity (Wildman–Crippen MR) is 57.4 cm³/mol. The maximum atomic E-state index is 11.6. The van der Waals surface area contributed by atoms with Gasteiger partial charge in [-0.15, -0.1) is 0 Å². The maximum absolute atomic E-state index is 11.6. The van der Waals surface area contributed by atoms with E-state index >= 15 is 0 Å². The van der Waals surface area contributed by atoms with Gasteiger partial charge >= 0.3 is 0 Å². The van der Waals surface area contributed by atoms with Crippen LogP contribution in [0.4, 0.5) is 11.4 Å². The molecule has 2 rings (SSSR count). The number of carbonyl (C=O) groups is 1. The fraction of sp³-hybridized carbons (Fsp3) is 0. The van der Waals surface area contributed by atoms with E-state index in [1.807, 2.05) is 0 Å². The Morgan fingerprint density at radius 3 is 2.73 bits per heavy atom. The van der Waals surface area contributed by atoms with Crippen molar-refractivity contribution >= 4 is 17.3 Å². The number of rotatable bonds is 2. The summed E-state index contributed by atoms with van der Waals surface area (Å²) in [6.45, 7) is 0. The largest absolute Gasteiger partial charge is 0.397 e. The van der Waals surface area contributed by atoms with Gasteiger partial charge in [-0.2, -0.15) is 0 Å². The highest BCUT2D eigenvalue weighted by Gasteiger charge is 2.07. The Balaban J connectivity index is 2.11. The van der Waals surface area contributed by atoms with Crippen molar-refractivity contribution in [3.05, 3.63) is 42.5 Å². The molecule has 0 saturated heterocycles. The van der Waals surface area contributed by atoms with E-state index in [2.05, 4.69) is 15.3 Å². The number of aromatic amines is 1. The summed E-state index contributed by atoms with van der Waals surface area (Å²) in [4.78, 5) is 18.2. The third-order valence-corrected chi connectivity index (χ3v) is 1.89. The van der Waals surface area contributed by atoms with E-state index in [0.29, 0.717) is 17.1 Å². The Bertz CT molecular complexity index is 463. The van der Waals surface area contributed by atoms with E-state index in [4.69, 9.17) is 5.73 Å². The molecule has 15 heavy (non-hydrogen) atoms. The van der Waals surface area contributed by atoms with Crippen molar-refractivity contribution in [3.8, 4) is 0 Å². The van der Waals surface area contributed by atoms with E-state index in [9.17, 15) is 4.79 Å². The van der Waals surface area contributed by atoms with Gasteiger partial charge in [0.15, 0.2) is 0 Å². The van der Waals surface area contributed by atoms with Crippen LogP contribution in [0.1, 0.15) is 10.5 Å². The van der Waals surface area contributed by atoms with Gasteiger partial charge in [0, 0.05) is 30.0 Å². The number of nitrogens with one attached hydrogen (secondary N) is 2. The first kappa shape index (κ1) is 9.26. The minimum Gasteiger partial charge on any atom is -0.397 e. The Labute approximate surface area is 86.3 Å². The minimum atomic E-state index is -0.224. The lowest BCUT2D eigenvalue weighted by Gasteiger charge is -2.01. The number of anilines is 2. The van der Waals surface area contributed by atoms with Crippen LogP contribution in [0.2, 0.25) is 0 Å². The van der Waals surface area contributed by atoms with Crippen molar-refractivity contribution in [2.24, 2.45) is 0 Å². The van der Waals surface area contributed by atoms with Gasteiger partial charge in [-0.05, 0) is 18.2 Å². The number of nitrogens with zero attached hydrogens (tertiary/aromatic N) is 1. The minimum absolute atomic E-state index is 0.224. The molecule has 5 nitrogen and oxygen atoms in total. The molecule has 76 valence electrons. The van der Waals surface area contributed by atoms with E-state index in [0.717, 1.165) is 0 Å². The topological polar surface area (TPSA) is 83.8 Å². The maximum Gasteiger partial charge on any atom is 0.272 e. The molecule has 1 amide bonds. The van der Waals surface area contributed by atoms with Crippen LogP contribution >= 0.6 is 0 Å². The molecule has 0 radical (unpaired) electrons. The first-order valence-electron chi connectivity index (χ1n) is 4.41. The zero-order chi connectivity index (χ0) is 10.7. The average molecular weight is 202 g/mol. The number of hydrogen-bond acceptors (Lipinski definition) is 3. The van der Waals surface area contributed by atoms with Crippen molar-refractivity contribution in [1.29, 1.82) is 0 Å². The van der Waals surface area contributed by atoms with Gasteiger partial charge in [-0.25, -0.2) is 0 Å². The molecule has 4 N–H and O–H groups in total. The molecule has 0 fully saturated rings. The zero-order valence-corrected chi connectivity index (χ0v) is 7.90. The van der Waals surface area contributed by atoms with Crippen LogP contribution in [0.5, 0.6) is 0 Å². The summed E-state index contributed by atoms with van der Waals surface area (Å²) in [6, 6.07) is 5.00. The number of hydrogen-bond donors (Lipinski definition) is 3. The Morgan fingerprint density at radius 2 is 2.13 bits per heavy atom. The highest BCUT2D eigenvalue weighted by Crippen LogP contribution is 2.09. The molecule has 2 heterocycles. The van der Waals surface area contributed by atoms with Gasteiger partial charge in [-0.3, -0.25) is 9.78 Å². The molecule has 2 aromatic heterocycles. The van der Waals surface area contributed by atoms with Crippen LogP contribution < -0.4 is 11.1 Å². The van der Waals surface area contributed by atoms with Crippen molar-refractivity contribution in [3.63, 3.8) is 0 Å². The number of amides is 1. The van der Waals surface area contributed by atoms with Gasteiger partial charge < -0.3 is 16.0 Å². The van der Waals surface area contributed by atoms with Crippen LogP contribution in [0, 0.1) is 0 Å². The summed E-state index contributed by atoms with van der Waals surface area (Å²) < 4.78 is 0. The standard InChI is InChI=1S/C10H10N4O/c11-7-5-9(13-6-7)10(15)14-8-1-3-12-4-2-8/h1-6,13H,11H2,(H,12,14,15). The molecule has 0 aromatic carbocycles. The van der Waals surface area contributed by atoms with E-state index in [-0.39, 0.29) is 5.91 Å². The quantitative estimate of drug-likeness (QED) is 0.685. The first-order chi connectivity index (χ1) is 7.25. The Kier molecular flexibility index (Phi) is 2.37. The molecule has 0 aliphatic carbocycles. The fourth-order valence-corrected chi connectivity index (χ4v) is 1.18. The second kappa shape index (κ2) is 3.83. The smallest absolute Gasteiger partial charge is 0.272 e. The number of nitrogens with two attached hydrogens (primary N) is 1. The molecular formula is C10H10N4O. The highest BCUT2D eigenvalue weighted by atomic mass is 16.1. The Hall–Kier alpha value is -2.30. The van der Waals surface area contributed by atoms with Crippen molar-refractivity contribution in [2.75, 3.05) is 11.1 Å². The molecule has 5 heteroatoms. The van der Waals surface area contributed by atoms with Gasteiger partial charge in [0.1, 0.15) is 5.69 Å². The lowest BCUT2D eigenvalue weighted by atomic mass is 10.3. The summed E-state index contributed by atoms with van der Waals surface area (Å²) in [7, 11) is 0. The van der Waals surface area contributed by atoms with Crippen LogP contribution in [0.25, 0.3) is 0 Å². The SMILES string of the molecule is Nc1c[nH]c(C(=O)Nc2ccncc2)c1. The predicted octanol–water partition coefficient (Wildman–Crippen LogP) is 1.24. The third-order valence-electron chi connectivity index (χ3n) is 1.89. The number of H-pyrrole nitrogens is 1. The highest BCUT2D eigenvalue weighted by molar-refractivity contribution is 6.03. The number of nitrogen functional groups attached to an aromatic ring is 1. The average Bonchev–Trinajstić information content (AvgIpc) is 2.66. The van der Waals surface area contributed by atoms with Crippen molar-refractivity contribution < 1.29 is 4.79 Å². The summed E-state index contributed by atoms with van der Waals surface area (Å²) >= 11 is 0. The molecule has 0 spiro atoms. The third kappa shape index (κ3) is 2.14. The van der Waals surface area contributed by atoms with Gasteiger partial charge in [0.2, 0.25) is 0 Å². The number of carbonyl (C=O) groups excluding carboxylic acids is 1. The summed E-state index contributed by atoms with van der Waals surface area (Å²) in [5, 5.41) is 2.71.